The zero-order chi connectivity index (χ0) is 13.6. The summed E-state index contributed by atoms with van der Waals surface area (Å²) in [5, 5.41) is 3.99. The zero-order valence-corrected chi connectivity index (χ0v) is 12.3. The molecule has 1 aromatic rings. The molecule has 2 aliphatic carbocycles. The summed E-state index contributed by atoms with van der Waals surface area (Å²) < 4.78 is 13.5. The molecule has 0 spiro atoms. The minimum atomic E-state index is -0.212. The van der Waals surface area contributed by atoms with E-state index < -0.39 is 0 Å². The third-order valence-electron chi connectivity index (χ3n) is 5.14. The molecule has 0 amide bonds. The van der Waals surface area contributed by atoms with Gasteiger partial charge in [-0.1, -0.05) is 24.1 Å². The summed E-state index contributed by atoms with van der Waals surface area (Å²) in [7, 11) is 1.99. The first kappa shape index (κ1) is 13.4. The van der Waals surface area contributed by atoms with Gasteiger partial charge in [0.1, 0.15) is 5.82 Å². The molecule has 19 heavy (non-hydrogen) atoms. The topological polar surface area (TPSA) is 12.0 Å². The Morgan fingerprint density at radius 3 is 2.68 bits per heavy atom. The van der Waals surface area contributed by atoms with E-state index in [2.05, 4.69) is 5.32 Å². The van der Waals surface area contributed by atoms with Crippen LogP contribution in [-0.2, 0) is 0 Å². The van der Waals surface area contributed by atoms with Crippen LogP contribution < -0.4 is 5.32 Å². The molecule has 2 aliphatic rings. The molecule has 3 heteroatoms. The maximum atomic E-state index is 13.5. The third kappa shape index (κ3) is 2.30. The van der Waals surface area contributed by atoms with Gasteiger partial charge in [-0.05, 0) is 68.2 Å². The third-order valence-corrected chi connectivity index (χ3v) is 5.47. The van der Waals surface area contributed by atoms with E-state index in [-0.39, 0.29) is 11.9 Å². The van der Waals surface area contributed by atoms with Crippen molar-refractivity contribution < 1.29 is 4.39 Å². The van der Waals surface area contributed by atoms with Crippen molar-refractivity contribution >= 4 is 11.6 Å². The van der Waals surface area contributed by atoms with E-state index >= 15 is 0 Å². The van der Waals surface area contributed by atoms with E-state index in [4.69, 9.17) is 11.6 Å². The molecule has 0 heterocycles. The highest BCUT2D eigenvalue weighted by Crippen LogP contribution is 2.53. The van der Waals surface area contributed by atoms with Crippen molar-refractivity contribution in [2.75, 3.05) is 7.05 Å². The second kappa shape index (κ2) is 5.06. The van der Waals surface area contributed by atoms with E-state index in [9.17, 15) is 4.39 Å². The van der Waals surface area contributed by atoms with Crippen LogP contribution in [0.25, 0.3) is 0 Å². The quantitative estimate of drug-likeness (QED) is 0.861. The Bertz CT molecular complexity index is 488. The van der Waals surface area contributed by atoms with Gasteiger partial charge in [0.05, 0.1) is 0 Å². The van der Waals surface area contributed by atoms with Gasteiger partial charge in [-0.15, -0.1) is 0 Å². The fourth-order valence-corrected chi connectivity index (χ4v) is 4.49. The molecule has 2 saturated carbocycles. The van der Waals surface area contributed by atoms with Crippen molar-refractivity contribution in [1.82, 2.24) is 5.32 Å². The standard InChI is InChI=1S/C16H21ClFN/c1-9-5-13(14(17)8-15(9)18)16(19-2)12-7-10-3-4-11(12)6-10/h5,8,10-12,16,19H,3-4,6-7H2,1-2H3. The minimum absolute atomic E-state index is 0.212. The van der Waals surface area contributed by atoms with Gasteiger partial charge in [0, 0.05) is 11.1 Å². The van der Waals surface area contributed by atoms with Crippen LogP contribution in [0.3, 0.4) is 0 Å². The molecule has 1 aromatic carbocycles. The Hall–Kier alpha value is -0.600. The molecule has 0 saturated heterocycles. The van der Waals surface area contributed by atoms with Crippen LogP contribution in [0.15, 0.2) is 12.1 Å². The van der Waals surface area contributed by atoms with Gasteiger partial charge in [0.25, 0.3) is 0 Å². The van der Waals surface area contributed by atoms with Crippen LogP contribution in [0.5, 0.6) is 0 Å². The number of aryl methyl sites for hydroxylation is 1. The molecule has 2 bridgehead atoms. The number of nitrogens with one attached hydrogen (secondary N) is 1. The monoisotopic (exact) mass is 281 g/mol. The smallest absolute Gasteiger partial charge is 0.127 e. The van der Waals surface area contributed by atoms with E-state index in [1.54, 1.807) is 0 Å². The predicted octanol–water partition coefficient (Wildman–Crippen LogP) is 4.48. The van der Waals surface area contributed by atoms with Crippen molar-refractivity contribution in [2.24, 2.45) is 17.8 Å². The van der Waals surface area contributed by atoms with Gasteiger partial charge < -0.3 is 5.32 Å². The van der Waals surface area contributed by atoms with Crippen molar-refractivity contribution in [3.05, 3.63) is 34.1 Å². The summed E-state index contributed by atoms with van der Waals surface area (Å²) in [5.74, 6) is 2.18. The molecular formula is C16H21ClFN. The second-order valence-corrected chi connectivity index (χ2v) is 6.64. The number of hydrogen-bond donors (Lipinski definition) is 1. The molecule has 2 fully saturated rings. The Kier molecular flexibility index (Phi) is 3.57. The summed E-state index contributed by atoms with van der Waals surface area (Å²) in [6.07, 6.45) is 5.42. The fourth-order valence-electron chi connectivity index (χ4n) is 4.22. The van der Waals surface area contributed by atoms with Crippen molar-refractivity contribution in [3.8, 4) is 0 Å². The first-order valence-electron chi connectivity index (χ1n) is 7.23. The molecule has 4 atom stereocenters. The van der Waals surface area contributed by atoms with Gasteiger partial charge >= 0.3 is 0 Å². The Morgan fingerprint density at radius 1 is 1.32 bits per heavy atom. The molecule has 0 aromatic heterocycles. The van der Waals surface area contributed by atoms with Crippen molar-refractivity contribution in [2.45, 2.75) is 38.6 Å². The Morgan fingerprint density at radius 2 is 2.11 bits per heavy atom. The number of fused-ring (bicyclic) bond motifs is 2. The molecule has 4 unspecified atom stereocenters. The average molecular weight is 282 g/mol. The average Bonchev–Trinajstić information content (AvgIpc) is 2.99. The number of rotatable bonds is 3. The van der Waals surface area contributed by atoms with Crippen molar-refractivity contribution in [1.29, 1.82) is 0 Å². The lowest BCUT2D eigenvalue weighted by atomic mass is 9.80. The summed E-state index contributed by atoms with van der Waals surface area (Å²) >= 11 is 6.28. The summed E-state index contributed by atoms with van der Waals surface area (Å²) in [6.45, 7) is 1.81. The second-order valence-electron chi connectivity index (χ2n) is 6.23. The van der Waals surface area contributed by atoms with Gasteiger partial charge in [0.15, 0.2) is 0 Å². The van der Waals surface area contributed by atoms with Crippen molar-refractivity contribution in [3.63, 3.8) is 0 Å². The number of hydrogen-bond acceptors (Lipinski definition) is 1. The lowest BCUT2D eigenvalue weighted by Crippen LogP contribution is -2.29. The van der Waals surface area contributed by atoms with E-state index in [1.807, 2.05) is 20.0 Å². The van der Waals surface area contributed by atoms with E-state index in [1.165, 1.54) is 31.7 Å². The highest BCUT2D eigenvalue weighted by atomic mass is 35.5. The molecule has 3 rings (SSSR count). The maximum Gasteiger partial charge on any atom is 0.127 e. The van der Waals surface area contributed by atoms with Crippen LogP contribution in [0.2, 0.25) is 5.02 Å². The Balaban J connectivity index is 1.92. The zero-order valence-electron chi connectivity index (χ0n) is 11.5. The SMILES string of the molecule is CNC(c1cc(C)c(F)cc1Cl)C1CC2CCC1C2. The van der Waals surface area contributed by atoms with E-state index in [0.717, 1.165) is 17.4 Å². The summed E-state index contributed by atoms with van der Waals surface area (Å²) in [6, 6.07) is 3.65. The van der Waals surface area contributed by atoms with Gasteiger partial charge in [-0.2, -0.15) is 0 Å². The Labute approximate surface area is 119 Å². The van der Waals surface area contributed by atoms with Gasteiger partial charge in [0.2, 0.25) is 0 Å². The van der Waals surface area contributed by atoms with Crippen LogP contribution in [-0.4, -0.2) is 7.05 Å². The molecule has 0 aliphatic heterocycles. The van der Waals surface area contributed by atoms with Gasteiger partial charge in [-0.3, -0.25) is 0 Å². The number of halogens is 2. The molecular weight excluding hydrogens is 261 g/mol. The first-order chi connectivity index (χ1) is 9.10. The molecule has 0 radical (unpaired) electrons. The lowest BCUT2D eigenvalue weighted by molar-refractivity contribution is 0.259. The fraction of sp³-hybridized carbons (Fsp3) is 0.625. The summed E-state index contributed by atoms with van der Waals surface area (Å²) in [4.78, 5) is 0. The molecule has 1 N–H and O–H groups in total. The number of benzene rings is 1. The van der Waals surface area contributed by atoms with Crippen LogP contribution >= 0.6 is 11.6 Å². The van der Waals surface area contributed by atoms with Crippen LogP contribution in [0, 0.1) is 30.5 Å². The van der Waals surface area contributed by atoms with E-state index in [0.29, 0.717) is 16.5 Å². The van der Waals surface area contributed by atoms with Crippen LogP contribution in [0.1, 0.15) is 42.9 Å². The van der Waals surface area contributed by atoms with Gasteiger partial charge in [-0.25, -0.2) is 4.39 Å². The van der Waals surface area contributed by atoms with Crippen LogP contribution in [0.4, 0.5) is 4.39 Å². The summed E-state index contributed by atoms with van der Waals surface area (Å²) in [5.41, 5.74) is 1.75. The molecule has 1 nitrogen and oxygen atoms in total. The largest absolute Gasteiger partial charge is 0.313 e. The first-order valence-corrected chi connectivity index (χ1v) is 7.60. The highest BCUT2D eigenvalue weighted by molar-refractivity contribution is 6.31. The normalized spacial score (nSPS) is 30.8. The maximum absolute atomic E-state index is 13.5. The minimum Gasteiger partial charge on any atom is -0.313 e. The predicted molar refractivity (Wildman–Crippen MR) is 76.9 cm³/mol. The highest BCUT2D eigenvalue weighted by Gasteiger charge is 2.43. The molecule has 104 valence electrons. The lowest BCUT2D eigenvalue weighted by Gasteiger charge is -2.31.